The van der Waals surface area contributed by atoms with Gasteiger partial charge in [0, 0.05) is 6.42 Å². The molecule has 0 heterocycles. The van der Waals surface area contributed by atoms with Crippen LogP contribution in [0.2, 0.25) is 0 Å². The van der Waals surface area contributed by atoms with Crippen LogP contribution in [0, 0.1) is 0 Å². The number of nitrogens with zero attached hydrogens (tertiary/aromatic N) is 1. The number of hydrogen-bond donors (Lipinski definition) is 3. The van der Waals surface area contributed by atoms with Gasteiger partial charge in [0.2, 0.25) is 5.91 Å². The lowest BCUT2D eigenvalue weighted by Gasteiger charge is -2.25. The Kier molecular flexibility index (Phi) is 49.3. The van der Waals surface area contributed by atoms with Crippen molar-refractivity contribution >= 4 is 13.7 Å². The van der Waals surface area contributed by atoms with Crippen LogP contribution in [-0.4, -0.2) is 73.4 Å². The Hall–Kier alpha value is -1.54. The minimum absolute atomic E-state index is 0.0614. The molecule has 0 spiro atoms. The Labute approximate surface area is 422 Å². The lowest BCUT2D eigenvalue weighted by atomic mass is 10.0. The third-order valence-electron chi connectivity index (χ3n) is 13.0. The maximum Gasteiger partial charge on any atom is 0.472 e. The van der Waals surface area contributed by atoms with Crippen molar-refractivity contribution in [3.63, 3.8) is 0 Å². The van der Waals surface area contributed by atoms with E-state index in [9.17, 15) is 19.4 Å². The fourth-order valence-electron chi connectivity index (χ4n) is 8.46. The lowest BCUT2D eigenvalue weighted by molar-refractivity contribution is -0.870. The highest BCUT2D eigenvalue weighted by Crippen LogP contribution is 2.43. The van der Waals surface area contributed by atoms with E-state index < -0.39 is 20.0 Å². The molecular formula is C59H114N2O6P+. The summed E-state index contributed by atoms with van der Waals surface area (Å²) in [5.74, 6) is -0.176. The number of carbonyl (C=O) groups is 1. The van der Waals surface area contributed by atoms with Gasteiger partial charge in [-0.2, -0.15) is 0 Å². The standard InChI is InChI=1S/C59H113N2O6P/c1-6-8-10-12-14-16-18-20-22-24-25-26-27-28-29-30-31-32-33-34-35-37-39-41-43-45-47-49-51-53-59(63)60-57(56-67-68(64,65)66-55-54-61(3,4)5)58(62)52-50-48-46-44-42-40-38-36-23-21-19-17-15-13-11-9-7-2/h18,20,24-25,27-28,50,52,57-58,62H,6-17,19,21-23,26,29-49,51,53-56H2,1-5H3,(H-,60,63,64,65)/p+1/b20-18-,25-24-,28-27-,52-50+. The van der Waals surface area contributed by atoms with Crippen molar-refractivity contribution < 1.29 is 32.9 Å². The number of unbranched alkanes of at least 4 members (excludes halogenated alkanes) is 34. The van der Waals surface area contributed by atoms with Crippen LogP contribution in [0.25, 0.3) is 0 Å². The molecule has 0 aromatic heterocycles. The monoisotopic (exact) mass is 978 g/mol. The van der Waals surface area contributed by atoms with E-state index in [1.165, 1.54) is 199 Å². The second-order valence-electron chi connectivity index (χ2n) is 21.0. The van der Waals surface area contributed by atoms with Gasteiger partial charge in [-0.3, -0.25) is 13.8 Å². The minimum atomic E-state index is -4.35. The topological polar surface area (TPSA) is 105 Å². The van der Waals surface area contributed by atoms with Gasteiger partial charge in [0.25, 0.3) is 0 Å². The predicted molar refractivity (Wildman–Crippen MR) is 295 cm³/mol. The first-order valence-corrected chi connectivity index (χ1v) is 30.5. The molecule has 0 aliphatic rings. The number of aliphatic hydroxyl groups excluding tert-OH is 1. The summed E-state index contributed by atoms with van der Waals surface area (Å²) in [7, 11) is 1.58. The van der Waals surface area contributed by atoms with E-state index in [0.29, 0.717) is 17.4 Å². The zero-order chi connectivity index (χ0) is 49.9. The fourth-order valence-corrected chi connectivity index (χ4v) is 9.20. The van der Waals surface area contributed by atoms with Gasteiger partial charge in [-0.1, -0.05) is 255 Å². The van der Waals surface area contributed by atoms with Crippen molar-refractivity contribution in [2.45, 2.75) is 283 Å². The van der Waals surface area contributed by atoms with Crippen LogP contribution < -0.4 is 5.32 Å². The predicted octanol–water partition coefficient (Wildman–Crippen LogP) is 17.5. The molecule has 0 radical (unpaired) electrons. The van der Waals surface area contributed by atoms with E-state index in [-0.39, 0.29) is 19.1 Å². The number of carbonyl (C=O) groups excluding carboxylic acids is 1. The summed E-state index contributed by atoms with van der Waals surface area (Å²) >= 11 is 0. The van der Waals surface area contributed by atoms with Crippen LogP contribution in [0.3, 0.4) is 0 Å². The number of nitrogens with one attached hydrogen (secondary N) is 1. The van der Waals surface area contributed by atoms with Crippen LogP contribution in [0.5, 0.6) is 0 Å². The summed E-state index contributed by atoms with van der Waals surface area (Å²) in [5.41, 5.74) is 0. The first-order valence-electron chi connectivity index (χ1n) is 29.0. The normalized spacial score (nSPS) is 14.3. The van der Waals surface area contributed by atoms with Gasteiger partial charge in [0.1, 0.15) is 13.2 Å². The van der Waals surface area contributed by atoms with Crippen molar-refractivity contribution in [1.82, 2.24) is 5.32 Å². The zero-order valence-corrected chi connectivity index (χ0v) is 46.5. The number of amides is 1. The Morgan fingerprint density at radius 2 is 0.838 bits per heavy atom. The molecule has 9 heteroatoms. The molecule has 0 fully saturated rings. The number of allylic oxidation sites excluding steroid dienone is 7. The third-order valence-corrected chi connectivity index (χ3v) is 14.0. The molecule has 3 atom stereocenters. The van der Waals surface area contributed by atoms with Gasteiger partial charge in [-0.15, -0.1) is 0 Å². The molecule has 0 saturated carbocycles. The Balaban J connectivity index is 4.15. The van der Waals surface area contributed by atoms with Gasteiger partial charge in [0.15, 0.2) is 0 Å². The number of phosphoric ester groups is 1. The molecule has 0 aromatic carbocycles. The van der Waals surface area contributed by atoms with Gasteiger partial charge in [0.05, 0.1) is 39.9 Å². The van der Waals surface area contributed by atoms with Crippen molar-refractivity contribution in [3.8, 4) is 0 Å². The van der Waals surface area contributed by atoms with Crippen LogP contribution in [0.15, 0.2) is 48.6 Å². The average molecular weight is 979 g/mol. The highest BCUT2D eigenvalue weighted by molar-refractivity contribution is 7.47. The summed E-state index contributed by atoms with van der Waals surface area (Å²) in [5, 5.41) is 13.9. The summed E-state index contributed by atoms with van der Waals surface area (Å²) in [6.07, 6.45) is 66.3. The highest BCUT2D eigenvalue weighted by atomic mass is 31.2. The first kappa shape index (κ1) is 66.5. The lowest BCUT2D eigenvalue weighted by Crippen LogP contribution is -2.45. The third kappa shape index (κ3) is 52.3. The number of rotatable bonds is 53. The molecule has 0 bridgehead atoms. The van der Waals surface area contributed by atoms with E-state index >= 15 is 0 Å². The van der Waals surface area contributed by atoms with Crippen molar-refractivity contribution in [2.75, 3.05) is 40.9 Å². The van der Waals surface area contributed by atoms with Crippen LogP contribution in [0.1, 0.15) is 271 Å². The molecule has 0 saturated heterocycles. The van der Waals surface area contributed by atoms with Gasteiger partial charge >= 0.3 is 7.82 Å². The van der Waals surface area contributed by atoms with Gasteiger partial charge in [-0.05, 0) is 57.8 Å². The summed E-state index contributed by atoms with van der Waals surface area (Å²) in [6, 6.07) is -0.847. The Morgan fingerprint density at radius 3 is 1.22 bits per heavy atom. The largest absolute Gasteiger partial charge is 0.472 e. The molecule has 0 aliphatic carbocycles. The summed E-state index contributed by atoms with van der Waals surface area (Å²) in [4.78, 5) is 23.3. The van der Waals surface area contributed by atoms with Crippen LogP contribution in [-0.2, 0) is 18.4 Å². The minimum Gasteiger partial charge on any atom is -0.387 e. The molecule has 3 unspecified atom stereocenters. The quantitative estimate of drug-likeness (QED) is 0.0243. The van der Waals surface area contributed by atoms with Gasteiger partial charge < -0.3 is 19.8 Å². The van der Waals surface area contributed by atoms with E-state index in [1.54, 1.807) is 6.08 Å². The molecular weight excluding hydrogens is 864 g/mol. The SMILES string of the molecule is CCCCCCC/C=C\C/C=C\C/C=C\CCCCCCCCCCCCCCCCC(=O)NC(COP(=O)(O)OCC[N+](C)(C)C)C(O)/C=C/CCCCCCCCCCCCCCCCC. The molecule has 3 N–H and O–H groups in total. The highest BCUT2D eigenvalue weighted by Gasteiger charge is 2.27. The maximum atomic E-state index is 13.0. The second kappa shape index (κ2) is 50.4. The molecule has 0 aliphatic heterocycles. The van der Waals surface area contributed by atoms with Crippen molar-refractivity contribution in [1.29, 1.82) is 0 Å². The molecule has 0 rings (SSSR count). The molecule has 400 valence electrons. The Morgan fingerprint density at radius 1 is 0.500 bits per heavy atom. The number of phosphoric acid groups is 1. The average Bonchev–Trinajstić information content (AvgIpc) is 3.30. The number of aliphatic hydroxyl groups is 1. The second-order valence-corrected chi connectivity index (χ2v) is 22.5. The van der Waals surface area contributed by atoms with Gasteiger partial charge in [-0.25, -0.2) is 4.57 Å². The molecule has 1 amide bonds. The van der Waals surface area contributed by atoms with E-state index in [1.807, 2.05) is 27.2 Å². The molecule has 68 heavy (non-hydrogen) atoms. The first-order chi connectivity index (χ1) is 33.0. The molecule has 8 nitrogen and oxygen atoms in total. The number of likely N-dealkylation sites (N-methyl/N-ethyl adjacent to an activating group) is 1. The molecule has 0 aromatic rings. The maximum absolute atomic E-state index is 13.0. The number of quaternary nitrogens is 1. The van der Waals surface area contributed by atoms with E-state index in [0.717, 1.165) is 51.4 Å². The van der Waals surface area contributed by atoms with Crippen molar-refractivity contribution in [3.05, 3.63) is 48.6 Å². The van der Waals surface area contributed by atoms with Crippen molar-refractivity contribution in [2.24, 2.45) is 0 Å². The fraction of sp³-hybridized carbons (Fsp3) is 0.847. The van der Waals surface area contributed by atoms with E-state index in [2.05, 4.69) is 55.6 Å². The van der Waals surface area contributed by atoms with Crippen LogP contribution in [0.4, 0.5) is 0 Å². The Bertz CT molecular complexity index is 1250. The summed E-state index contributed by atoms with van der Waals surface area (Å²) < 4.78 is 23.7. The summed E-state index contributed by atoms with van der Waals surface area (Å²) in [6.45, 7) is 4.83. The smallest absolute Gasteiger partial charge is 0.387 e. The zero-order valence-electron chi connectivity index (χ0n) is 45.6. The van der Waals surface area contributed by atoms with Crippen LogP contribution >= 0.6 is 7.82 Å². The van der Waals surface area contributed by atoms with E-state index in [4.69, 9.17) is 9.05 Å². The number of hydrogen-bond acceptors (Lipinski definition) is 5.